The number of fused-ring (bicyclic) bond motifs is 1. The Morgan fingerprint density at radius 1 is 1.12 bits per heavy atom. The van der Waals surface area contributed by atoms with Gasteiger partial charge in [0.2, 0.25) is 0 Å². The molecule has 1 aromatic heterocycles. The van der Waals surface area contributed by atoms with E-state index in [1.54, 1.807) is 20.0 Å². The van der Waals surface area contributed by atoms with Crippen molar-refractivity contribution in [2.75, 3.05) is 13.2 Å². The molecule has 1 aromatic rings. The average Bonchev–Trinajstić information content (AvgIpc) is 2.65. The third kappa shape index (κ3) is 4.43. The van der Waals surface area contributed by atoms with Crippen molar-refractivity contribution >= 4 is 11.9 Å². The highest BCUT2D eigenvalue weighted by Crippen LogP contribution is 2.45. The molecule has 0 spiro atoms. The van der Waals surface area contributed by atoms with Gasteiger partial charge in [-0.2, -0.15) is 0 Å². The van der Waals surface area contributed by atoms with Crippen molar-refractivity contribution in [1.82, 2.24) is 4.98 Å². The number of hydrogen-bond acceptors (Lipinski definition) is 5. The van der Waals surface area contributed by atoms with Crippen molar-refractivity contribution in [1.29, 1.82) is 0 Å². The van der Waals surface area contributed by atoms with Crippen molar-refractivity contribution in [2.45, 2.75) is 71.6 Å². The number of pyridine rings is 1. The standard InChI is InChI=1S/C21H31NO4/c1-4-7-8-9-11-16-14-21(19(23)25-5-2,20(24)26-6-3)15-17-12-10-13-22-18(16)17/h10,12-13,16H,4-9,11,14-15H2,1-3H3. The zero-order valence-corrected chi connectivity index (χ0v) is 16.3. The summed E-state index contributed by atoms with van der Waals surface area (Å²) < 4.78 is 10.6. The molecule has 0 amide bonds. The van der Waals surface area contributed by atoms with Crippen LogP contribution in [0.5, 0.6) is 0 Å². The van der Waals surface area contributed by atoms with Gasteiger partial charge in [-0.15, -0.1) is 0 Å². The fourth-order valence-corrected chi connectivity index (χ4v) is 3.87. The minimum absolute atomic E-state index is 0.0746. The molecule has 1 atom stereocenters. The van der Waals surface area contributed by atoms with E-state index in [0.29, 0.717) is 12.8 Å². The Balaban J connectivity index is 2.34. The average molecular weight is 361 g/mol. The van der Waals surface area contributed by atoms with Gasteiger partial charge in [0, 0.05) is 24.2 Å². The quantitative estimate of drug-likeness (QED) is 0.375. The highest BCUT2D eigenvalue weighted by atomic mass is 16.6. The normalized spacial score (nSPS) is 18.0. The molecule has 2 rings (SSSR count). The van der Waals surface area contributed by atoms with Crippen LogP contribution in [0.4, 0.5) is 0 Å². The maximum Gasteiger partial charge on any atom is 0.323 e. The van der Waals surface area contributed by atoms with E-state index >= 15 is 0 Å². The Morgan fingerprint density at radius 2 is 1.81 bits per heavy atom. The Morgan fingerprint density at radius 3 is 2.42 bits per heavy atom. The lowest BCUT2D eigenvalue weighted by atomic mass is 9.67. The summed E-state index contributed by atoms with van der Waals surface area (Å²) >= 11 is 0. The summed E-state index contributed by atoms with van der Waals surface area (Å²) in [5.41, 5.74) is 0.728. The first-order chi connectivity index (χ1) is 12.6. The number of nitrogens with zero attached hydrogens (tertiary/aromatic N) is 1. The highest BCUT2D eigenvalue weighted by Gasteiger charge is 2.53. The molecule has 0 N–H and O–H groups in total. The Bertz CT molecular complexity index is 596. The van der Waals surface area contributed by atoms with E-state index in [-0.39, 0.29) is 19.1 Å². The van der Waals surface area contributed by atoms with Crippen LogP contribution in [0.3, 0.4) is 0 Å². The first-order valence-corrected chi connectivity index (χ1v) is 9.87. The maximum atomic E-state index is 12.8. The van der Waals surface area contributed by atoms with Crippen molar-refractivity contribution < 1.29 is 19.1 Å². The SMILES string of the molecule is CCCCCCC1CC(C(=O)OCC)(C(=O)OCC)Cc2cccnc21. The monoisotopic (exact) mass is 361 g/mol. The van der Waals surface area contributed by atoms with E-state index in [0.717, 1.165) is 30.5 Å². The van der Waals surface area contributed by atoms with Gasteiger partial charge in [-0.05, 0) is 38.3 Å². The Kier molecular flexibility index (Phi) is 7.61. The predicted octanol–water partition coefficient (Wildman–Crippen LogP) is 4.19. The van der Waals surface area contributed by atoms with Gasteiger partial charge >= 0.3 is 11.9 Å². The zero-order chi connectivity index (χ0) is 19.0. The fraction of sp³-hybridized carbons (Fsp3) is 0.667. The fourth-order valence-electron chi connectivity index (χ4n) is 3.87. The molecule has 0 aliphatic heterocycles. The van der Waals surface area contributed by atoms with Gasteiger partial charge in [-0.1, -0.05) is 38.7 Å². The van der Waals surface area contributed by atoms with Crippen LogP contribution in [0.1, 0.15) is 76.5 Å². The third-order valence-corrected chi connectivity index (χ3v) is 5.14. The number of esters is 2. The van der Waals surface area contributed by atoms with Crippen molar-refractivity contribution in [3.8, 4) is 0 Å². The van der Waals surface area contributed by atoms with Crippen LogP contribution in [0, 0.1) is 5.41 Å². The first-order valence-electron chi connectivity index (χ1n) is 9.87. The maximum absolute atomic E-state index is 12.8. The second kappa shape index (κ2) is 9.70. The van der Waals surface area contributed by atoms with E-state index in [1.807, 2.05) is 12.1 Å². The lowest BCUT2D eigenvalue weighted by Crippen LogP contribution is -2.47. The van der Waals surface area contributed by atoms with Gasteiger partial charge < -0.3 is 9.47 Å². The molecule has 0 fully saturated rings. The number of rotatable bonds is 9. The minimum Gasteiger partial charge on any atom is -0.465 e. The summed E-state index contributed by atoms with van der Waals surface area (Å²) in [7, 11) is 0. The molecule has 5 nitrogen and oxygen atoms in total. The van der Waals surface area contributed by atoms with Gasteiger partial charge in [-0.25, -0.2) is 0 Å². The molecule has 0 bridgehead atoms. The van der Waals surface area contributed by atoms with Crippen molar-refractivity contribution in [3.63, 3.8) is 0 Å². The summed E-state index contributed by atoms with van der Waals surface area (Å²) in [6.07, 6.45) is 8.03. The predicted molar refractivity (Wildman–Crippen MR) is 99.8 cm³/mol. The molecule has 0 radical (unpaired) electrons. The van der Waals surface area contributed by atoms with Crippen LogP contribution in [0.25, 0.3) is 0 Å². The second-order valence-electron chi connectivity index (χ2n) is 7.00. The van der Waals surface area contributed by atoms with Crippen LogP contribution < -0.4 is 0 Å². The smallest absolute Gasteiger partial charge is 0.323 e. The summed E-state index contributed by atoms with van der Waals surface area (Å²) in [6.45, 7) is 6.21. The molecular formula is C21H31NO4. The minimum atomic E-state index is -1.25. The van der Waals surface area contributed by atoms with Gasteiger partial charge in [0.25, 0.3) is 0 Å². The van der Waals surface area contributed by atoms with Gasteiger partial charge in [0.1, 0.15) is 0 Å². The van der Waals surface area contributed by atoms with E-state index in [9.17, 15) is 9.59 Å². The molecule has 0 saturated carbocycles. The number of hydrogen-bond donors (Lipinski definition) is 0. The molecule has 144 valence electrons. The van der Waals surface area contributed by atoms with Crippen LogP contribution in [0.15, 0.2) is 18.3 Å². The first kappa shape index (κ1) is 20.4. The number of unbranched alkanes of at least 4 members (excludes halogenated alkanes) is 3. The molecule has 1 aliphatic rings. The second-order valence-corrected chi connectivity index (χ2v) is 7.00. The lowest BCUT2D eigenvalue weighted by Gasteiger charge is -2.37. The van der Waals surface area contributed by atoms with E-state index < -0.39 is 17.4 Å². The third-order valence-electron chi connectivity index (χ3n) is 5.14. The van der Waals surface area contributed by atoms with E-state index in [2.05, 4.69) is 11.9 Å². The molecule has 0 saturated heterocycles. The van der Waals surface area contributed by atoms with Crippen LogP contribution in [-0.2, 0) is 25.5 Å². The molecule has 1 heterocycles. The molecule has 26 heavy (non-hydrogen) atoms. The topological polar surface area (TPSA) is 65.5 Å². The summed E-state index contributed by atoms with van der Waals surface area (Å²) in [5.74, 6) is -0.858. The van der Waals surface area contributed by atoms with Crippen LogP contribution in [0.2, 0.25) is 0 Å². The van der Waals surface area contributed by atoms with E-state index in [1.165, 1.54) is 12.8 Å². The van der Waals surface area contributed by atoms with Crippen LogP contribution >= 0.6 is 0 Å². The van der Waals surface area contributed by atoms with Gasteiger partial charge in [0.15, 0.2) is 5.41 Å². The molecule has 0 aromatic carbocycles. The van der Waals surface area contributed by atoms with Crippen molar-refractivity contribution in [2.24, 2.45) is 5.41 Å². The molecule has 1 aliphatic carbocycles. The number of ether oxygens (including phenoxy) is 2. The van der Waals surface area contributed by atoms with Gasteiger partial charge in [-0.3, -0.25) is 14.6 Å². The molecule has 5 heteroatoms. The highest BCUT2D eigenvalue weighted by molar-refractivity contribution is 6.00. The number of carbonyl (C=O) groups is 2. The zero-order valence-electron chi connectivity index (χ0n) is 16.3. The largest absolute Gasteiger partial charge is 0.465 e. The number of carbonyl (C=O) groups excluding carboxylic acids is 2. The van der Waals surface area contributed by atoms with E-state index in [4.69, 9.17) is 9.47 Å². The molecule has 1 unspecified atom stereocenters. The van der Waals surface area contributed by atoms with Crippen LogP contribution in [-0.4, -0.2) is 30.1 Å². The Labute approximate surface area is 156 Å². The Hall–Kier alpha value is -1.91. The lowest BCUT2D eigenvalue weighted by molar-refractivity contribution is -0.173. The number of aromatic nitrogens is 1. The van der Waals surface area contributed by atoms with Gasteiger partial charge in [0.05, 0.1) is 13.2 Å². The summed E-state index contributed by atoms with van der Waals surface area (Å²) in [6, 6.07) is 3.83. The summed E-state index contributed by atoms with van der Waals surface area (Å²) in [4.78, 5) is 30.2. The summed E-state index contributed by atoms with van der Waals surface area (Å²) in [5, 5.41) is 0. The molecular weight excluding hydrogens is 330 g/mol. The van der Waals surface area contributed by atoms with Crippen molar-refractivity contribution in [3.05, 3.63) is 29.6 Å².